The minimum atomic E-state index is -1.03. The Bertz CT molecular complexity index is 751. The zero-order valence-electron chi connectivity index (χ0n) is 15.3. The number of carboxylic acid groups (broad SMARTS) is 1. The van der Waals surface area contributed by atoms with Crippen LogP contribution in [0, 0.1) is 0 Å². The number of ether oxygens (including phenoxy) is 2. The molecule has 2 unspecified atom stereocenters. The molecule has 0 aliphatic rings. The van der Waals surface area contributed by atoms with E-state index in [1.165, 1.54) is 24.3 Å². The maximum atomic E-state index is 12.5. The van der Waals surface area contributed by atoms with Crippen molar-refractivity contribution in [2.45, 2.75) is 45.6 Å². The first-order valence-electron chi connectivity index (χ1n) is 8.76. The number of hydrogen-bond acceptors (Lipinski definition) is 4. The summed E-state index contributed by atoms with van der Waals surface area (Å²) >= 11 is 0. The van der Waals surface area contributed by atoms with Crippen molar-refractivity contribution >= 4 is 11.9 Å². The summed E-state index contributed by atoms with van der Waals surface area (Å²) in [5, 5.41) is 8.91. The van der Waals surface area contributed by atoms with Crippen LogP contribution in [0.1, 0.15) is 55.5 Å². The first kappa shape index (κ1) is 19.5. The van der Waals surface area contributed by atoms with Crippen LogP contribution >= 0.6 is 0 Å². The number of esters is 1. The molecule has 0 aliphatic heterocycles. The molecule has 5 heteroatoms. The zero-order valence-corrected chi connectivity index (χ0v) is 15.3. The monoisotopic (exact) mass is 356 g/mol. The molecule has 0 saturated carbocycles. The molecule has 26 heavy (non-hydrogen) atoms. The van der Waals surface area contributed by atoms with Gasteiger partial charge in [-0.3, -0.25) is 0 Å². The molecular weight excluding hydrogens is 332 g/mol. The number of carbonyl (C=O) groups excluding carboxylic acids is 1. The van der Waals surface area contributed by atoms with E-state index >= 15 is 0 Å². The molecule has 0 radical (unpaired) electrons. The highest BCUT2D eigenvalue weighted by Crippen LogP contribution is 2.29. The van der Waals surface area contributed by atoms with Crippen molar-refractivity contribution in [3.63, 3.8) is 0 Å². The number of hydrogen-bond donors (Lipinski definition) is 1. The number of carbonyl (C=O) groups is 2. The van der Waals surface area contributed by atoms with E-state index in [1.807, 2.05) is 31.2 Å². The Morgan fingerprint density at radius 3 is 2.23 bits per heavy atom. The Hall–Kier alpha value is -2.82. The fraction of sp³-hybridized carbons (Fsp3) is 0.333. The zero-order chi connectivity index (χ0) is 19.1. The van der Waals surface area contributed by atoms with E-state index in [4.69, 9.17) is 14.6 Å². The average molecular weight is 356 g/mol. The lowest BCUT2D eigenvalue weighted by molar-refractivity contribution is -0.142. The van der Waals surface area contributed by atoms with Gasteiger partial charge in [0, 0.05) is 0 Å². The fourth-order valence-corrected chi connectivity index (χ4v) is 2.51. The average Bonchev–Trinajstić information content (AvgIpc) is 2.66. The first-order valence-corrected chi connectivity index (χ1v) is 8.76. The maximum Gasteiger partial charge on any atom is 0.352 e. The lowest BCUT2D eigenvalue weighted by Crippen LogP contribution is -2.31. The van der Waals surface area contributed by atoms with Crippen LogP contribution in [0.15, 0.2) is 48.5 Å². The number of benzene rings is 2. The molecule has 0 fully saturated rings. The number of carboxylic acids is 1. The summed E-state index contributed by atoms with van der Waals surface area (Å²) < 4.78 is 11.3. The van der Waals surface area contributed by atoms with Crippen LogP contribution in [-0.4, -0.2) is 23.1 Å². The quantitative estimate of drug-likeness (QED) is 0.550. The van der Waals surface area contributed by atoms with Gasteiger partial charge in [-0.25, -0.2) is 9.59 Å². The van der Waals surface area contributed by atoms with Crippen molar-refractivity contribution in [1.29, 1.82) is 0 Å². The third kappa shape index (κ3) is 4.85. The Kier molecular flexibility index (Phi) is 6.78. The van der Waals surface area contributed by atoms with E-state index in [9.17, 15) is 9.59 Å². The van der Waals surface area contributed by atoms with Crippen LogP contribution in [0.25, 0.3) is 0 Å². The van der Waals surface area contributed by atoms with Crippen LogP contribution in [0.3, 0.4) is 0 Å². The minimum absolute atomic E-state index is 0.135. The smallest absolute Gasteiger partial charge is 0.352 e. The van der Waals surface area contributed by atoms with Gasteiger partial charge >= 0.3 is 11.9 Å². The molecule has 1 N–H and O–H groups in total. The van der Waals surface area contributed by atoms with Crippen LogP contribution in [0.2, 0.25) is 0 Å². The normalized spacial score (nSPS) is 12.9. The van der Waals surface area contributed by atoms with E-state index in [2.05, 4.69) is 13.8 Å². The largest absolute Gasteiger partial charge is 0.478 e. The summed E-state index contributed by atoms with van der Waals surface area (Å²) in [7, 11) is 0. The molecule has 0 aliphatic carbocycles. The molecular formula is C21H24O5. The summed E-state index contributed by atoms with van der Waals surface area (Å²) in [5.41, 5.74) is 1.20. The Morgan fingerprint density at radius 1 is 1.00 bits per heavy atom. The van der Waals surface area contributed by atoms with E-state index in [1.54, 1.807) is 0 Å². The van der Waals surface area contributed by atoms with Gasteiger partial charge in [0.05, 0.1) is 5.56 Å². The number of para-hydroxylation sites is 1. The van der Waals surface area contributed by atoms with Gasteiger partial charge in [0.2, 0.25) is 0 Å². The molecule has 0 spiro atoms. The lowest BCUT2D eigenvalue weighted by atomic mass is 9.98. The predicted octanol–water partition coefficient (Wildman–Crippen LogP) is 4.66. The summed E-state index contributed by atoms with van der Waals surface area (Å²) in [5.74, 6) is -0.235. The molecule has 0 heterocycles. The van der Waals surface area contributed by atoms with E-state index in [0.717, 1.165) is 12.0 Å². The lowest BCUT2D eigenvalue weighted by Gasteiger charge is -2.20. The van der Waals surface area contributed by atoms with E-state index in [0.29, 0.717) is 18.1 Å². The highest BCUT2D eigenvalue weighted by molar-refractivity contribution is 5.87. The van der Waals surface area contributed by atoms with Crippen molar-refractivity contribution in [2.24, 2.45) is 0 Å². The van der Waals surface area contributed by atoms with Gasteiger partial charge in [-0.05, 0) is 54.7 Å². The minimum Gasteiger partial charge on any atom is -0.478 e. The van der Waals surface area contributed by atoms with Crippen molar-refractivity contribution < 1.29 is 24.2 Å². The second-order valence-corrected chi connectivity index (χ2v) is 6.11. The SMILES string of the molecule is CCC(Oc1ccccc1C(C)CC)C(=O)Oc1ccc(C(=O)O)cc1. The van der Waals surface area contributed by atoms with Gasteiger partial charge in [0.15, 0.2) is 6.10 Å². The molecule has 2 aromatic carbocycles. The Morgan fingerprint density at radius 2 is 1.65 bits per heavy atom. The van der Waals surface area contributed by atoms with Gasteiger partial charge in [0.25, 0.3) is 0 Å². The summed E-state index contributed by atoms with van der Waals surface area (Å²) in [6.07, 6.45) is 0.692. The van der Waals surface area contributed by atoms with Crippen molar-refractivity contribution in [2.75, 3.05) is 0 Å². The number of rotatable bonds is 8. The Labute approximate surface area is 153 Å². The van der Waals surface area contributed by atoms with E-state index < -0.39 is 18.0 Å². The second-order valence-electron chi connectivity index (χ2n) is 6.11. The van der Waals surface area contributed by atoms with Gasteiger partial charge in [0.1, 0.15) is 11.5 Å². The molecule has 0 bridgehead atoms. The summed E-state index contributed by atoms with van der Waals surface area (Å²) in [6, 6.07) is 13.4. The van der Waals surface area contributed by atoms with Gasteiger partial charge in [-0.15, -0.1) is 0 Å². The van der Waals surface area contributed by atoms with Crippen LogP contribution in [0.5, 0.6) is 11.5 Å². The van der Waals surface area contributed by atoms with Crippen molar-refractivity contribution in [1.82, 2.24) is 0 Å². The molecule has 0 aromatic heterocycles. The molecule has 138 valence electrons. The molecule has 2 atom stereocenters. The molecule has 2 aromatic rings. The summed E-state index contributed by atoms with van der Waals surface area (Å²) in [6.45, 7) is 6.07. The second kappa shape index (κ2) is 9.04. The van der Waals surface area contributed by atoms with Crippen LogP contribution < -0.4 is 9.47 Å². The van der Waals surface area contributed by atoms with E-state index in [-0.39, 0.29) is 11.3 Å². The highest BCUT2D eigenvalue weighted by Gasteiger charge is 2.23. The first-order chi connectivity index (χ1) is 12.5. The topological polar surface area (TPSA) is 72.8 Å². The van der Waals surface area contributed by atoms with Crippen LogP contribution in [0.4, 0.5) is 0 Å². The number of aromatic carboxylic acids is 1. The standard InChI is InChI=1S/C21H24O5/c1-4-14(3)17-8-6-7-9-19(17)26-18(5-2)21(24)25-16-12-10-15(11-13-16)20(22)23/h6-14,18H,4-5H2,1-3H3,(H,22,23). The van der Waals surface area contributed by atoms with Crippen molar-refractivity contribution in [3.05, 3.63) is 59.7 Å². The third-order valence-electron chi connectivity index (χ3n) is 4.28. The van der Waals surface area contributed by atoms with Crippen LogP contribution in [-0.2, 0) is 4.79 Å². The summed E-state index contributed by atoms with van der Waals surface area (Å²) in [4.78, 5) is 23.3. The third-order valence-corrected chi connectivity index (χ3v) is 4.28. The fourth-order valence-electron chi connectivity index (χ4n) is 2.51. The Balaban J connectivity index is 2.11. The highest BCUT2D eigenvalue weighted by atomic mass is 16.6. The maximum absolute atomic E-state index is 12.5. The van der Waals surface area contributed by atoms with Gasteiger partial charge in [-0.1, -0.05) is 39.0 Å². The molecule has 0 saturated heterocycles. The predicted molar refractivity (Wildman–Crippen MR) is 98.9 cm³/mol. The molecule has 0 amide bonds. The van der Waals surface area contributed by atoms with Crippen molar-refractivity contribution in [3.8, 4) is 11.5 Å². The van der Waals surface area contributed by atoms with Gasteiger partial charge in [-0.2, -0.15) is 0 Å². The molecule has 5 nitrogen and oxygen atoms in total. The molecule has 2 rings (SSSR count). The van der Waals surface area contributed by atoms with Gasteiger partial charge < -0.3 is 14.6 Å².